The van der Waals surface area contributed by atoms with Crippen LogP contribution in [0.1, 0.15) is 37.1 Å². The van der Waals surface area contributed by atoms with E-state index in [9.17, 15) is 0 Å². The number of nitrogens with zero attached hydrogens (tertiary/aromatic N) is 2. The van der Waals surface area contributed by atoms with Crippen LogP contribution >= 0.6 is 0 Å². The van der Waals surface area contributed by atoms with Crippen LogP contribution in [0, 0.1) is 3.80 Å². The zero-order chi connectivity index (χ0) is 14.4. The second-order valence-electron chi connectivity index (χ2n) is 5.18. The van der Waals surface area contributed by atoms with Crippen molar-refractivity contribution >= 4 is 0 Å². The molecule has 0 spiro atoms. The van der Waals surface area contributed by atoms with Crippen molar-refractivity contribution in [3.8, 4) is 0 Å². The minimum atomic E-state index is 0.546. The zero-order valence-corrected chi connectivity index (χ0v) is 14.1. The van der Waals surface area contributed by atoms with Gasteiger partial charge in [0.05, 0.1) is 0 Å². The van der Waals surface area contributed by atoms with Crippen molar-refractivity contribution in [1.29, 1.82) is 0 Å². The van der Waals surface area contributed by atoms with Crippen LogP contribution in [0.3, 0.4) is 0 Å². The summed E-state index contributed by atoms with van der Waals surface area (Å²) in [7, 11) is 1.96. The van der Waals surface area contributed by atoms with E-state index in [-0.39, 0.29) is 0 Å². The smallest absolute Gasteiger partial charge is 0.00388 e. The molecule has 0 aliphatic heterocycles. The molecule has 0 atom stereocenters. The van der Waals surface area contributed by atoms with Crippen LogP contribution in [0.5, 0.6) is 0 Å². The normalized spacial score (nSPS) is 15.0. The predicted octanol–water partition coefficient (Wildman–Crippen LogP) is 2.31. The average Bonchev–Trinajstić information content (AvgIpc) is 3.02. The molecule has 1 fully saturated rings. The number of nitrogens with two attached hydrogens (primary N) is 1. The number of aryl methyl sites for hydroxylation is 1. The first-order chi connectivity index (χ1) is 9.65. The fourth-order valence-corrected chi connectivity index (χ4v) is 2.70. The molecular formula is C15H22N4Pt. The largest absolute Gasteiger partial charge is 0.328 e. The molecule has 0 bridgehead atoms. The Bertz CT molecular complexity index is 567. The first kappa shape index (κ1) is 15.4. The molecule has 20 heavy (non-hydrogen) atoms. The van der Waals surface area contributed by atoms with Gasteiger partial charge in [0.15, 0.2) is 0 Å². The van der Waals surface area contributed by atoms with Crippen LogP contribution in [0.25, 0.3) is 0 Å². The maximum Gasteiger partial charge on any atom is 0.00388 e. The number of H-pyrrole nitrogens is 1. The Hall–Kier alpha value is -0.992. The van der Waals surface area contributed by atoms with Gasteiger partial charge in [-0.15, -0.1) is 0 Å². The number of nitrogens with one attached hydrogen (secondary N) is 1. The summed E-state index contributed by atoms with van der Waals surface area (Å²) in [5.41, 5.74) is 6.81. The van der Waals surface area contributed by atoms with Crippen molar-refractivity contribution in [1.82, 2.24) is 14.8 Å². The van der Waals surface area contributed by atoms with Gasteiger partial charge in [0.25, 0.3) is 0 Å². The van der Waals surface area contributed by atoms with Gasteiger partial charge >= 0.3 is 93.1 Å². The number of benzene rings is 1. The molecule has 3 rings (SSSR count). The molecule has 3 N–H and O–H groups in total. The van der Waals surface area contributed by atoms with E-state index in [1.165, 1.54) is 31.2 Å². The summed E-state index contributed by atoms with van der Waals surface area (Å²) in [4.78, 5) is 4.40. The summed E-state index contributed by atoms with van der Waals surface area (Å²) in [5, 5.41) is 3.19. The average molecular weight is 453 g/mol. The summed E-state index contributed by atoms with van der Waals surface area (Å²) in [5.74, 6) is 1.00. The maximum absolute atomic E-state index is 5.53. The molecule has 1 aliphatic rings. The van der Waals surface area contributed by atoms with Gasteiger partial charge in [-0.25, -0.2) is 0 Å². The second-order valence-corrected chi connectivity index (χ2v) is 6.19. The molecule has 1 aromatic heterocycles. The number of aromatic nitrogens is 3. The minimum Gasteiger partial charge on any atom is -0.328 e. The van der Waals surface area contributed by atoms with Crippen molar-refractivity contribution in [3.63, 3.8) is 0 Å². The van der Waals surface area contributed by atoms with E-state index in [0.717, 1.165) is 16.0 Å². The Balaban J connectivity index is 0.000000205. The van der Waals surface area contributed by atoms with E-state index in [0.29, 0.717) is 6.04 Å². The van der Waals surface area contributed by atoms with Gasteiger partial charge in [0.2, 0.25) is 0 Å². The van der Waals surface area contributed by atoms with E-state index in [2.05, 4.69) is 41.6 Å². The Kier molecular flexibility index (Phi) is 5.93. The number of hydrogen-bond donors (Lipinski definition) is 2. The third-order valence-corrected chi connectivity index (χ3v) is 4.40. The fraction of sp³-hybridized carbons (Fsp3) is 0.467. The molecule has 0 saturated heterocycles. The molecule has 0 unspecified atom stereocenters. The molecule has 0 radical (unpaired) electrons. The molecule has 1 aromatic carbocycles. The molecule has 0 amide bonds. The third kappa shape index (κ3) is 4.84. The molecule has 1 heterocycles. The van der Waals surface area contributed by atoms with Crippen LogP contribution in [0.4, 0.5) is 0 Å². The number of aromatic amines is 1. The first-order valence-corrected chi connectivity index (χ1v) is 8.15. The molecule has 4 nitrogen and oxygen atoms in total. The summed E-state index contributed by atoms with van der Waals surface area (Å²) in [6.45, 7) is 0. The Labute approximate surface area is 130 Å². The summed E-state index contributed by atoms with van der Waals surface area (Å²) in [6.07, 6.45) is 6.11. The topological polar surface area (TPSA) is 59.6 Å². The van der Waals surface area contributed by atoms with Gasteiger partial charge in [-0.1, -0.05) is 12.8 Å². The predicted molar refractivity (Wildman–Crippen MR) is 76.5 cm³/mol. The Morgan fingerprint density at radius 3 is 2.40 bits per heavy atom. The van der Waals surface area contributed by atoms with Gasteiger partial charge < -0.3 is 5.73 Å². The summed E-state index contributed by atoms with van der Waals surface area (Å²) >= 11 is 2.19. The molecule has 5 heteroatoms. The molecule has 112 valence electrons. The van der Waals surface area contributed by atoms with Crippen LogP contribution in [0.15, 0.2) is 30.3 Å². The van der Waals surface area contributed by atoms with Crippen LogP contribution < -0.4 is 5.73 Å². The SMILES string of the molecule is Cn1[nH]c(Cc2ccccc2)n[c]1=[Pt].NC1CCCC1. The second kappa shape index (κ2) is 7.70. The Morgan fingerprint density at radius 1 is 1.30 bits per heavy atom. The van der Waals surface area contributed by atoms with E-state index in [1.807, 2.05) is 29.9 Å². The van der Waals surface area contributed by atoms with Crippen molar-refractivity contribution in [2.75, 3.05) is 0 Å². The van der Waals surface area contributed by atoms with Gasteiger partial charge in [-0.2, -0.15) is 0 Å². The Morgan fingerprint density at radius 2 is 1.95 bits per heavy atom. The zero-order valence-electron chi connectivity index (χ0n) is 11.8. The van der Waals surface area contributed by atoms with E-state index >= 15 is 0 Å². The third-order valence-electron chi connectivity index (χ3n) is 3.39. The standard InChI is InChI=1S/C10H11N3.C5H11N.Pt/c1-13-8-11-10(12-13)7-9-5-3-2-4-6-9;6-5-3-1-2-4-5;/h2-6H,7H2,1H3,(H,11,12);5H,1-4,6H2;. The summed E-state index contributed by atoms with van der Waals surface area (Å²) < 4.78 is 2.90. The van der Waals surface area contributed by atoms with Crippen LogP contribution in [-0.2, 0) is 32.8 Å². The van der Waals surface area contributed by atoms with Crippen molar-refractivity contribution in [2.24, 2.45) is 12.8 Å². The number of hydrogen-bond acceptors (Lipinski definition) is 2. The van der Waals surface area contributed by atoms with Gasteiger partial charge in [-0.05, 0) is 12.8 Å². The fourth-order valence-electron chi connectivity index (χ4n) is 2.26. The molecule has 1 aliphatic carbocycles. The molecule has 1 saturated carbocycles. The molecular weight excluding hydrogens is 431 g/mol. The van der Waals surface area contributed by atoms with Crippen molar-refractivity contribution < 1.29 is 19.4 Å². The van der Waals surface area contributed by atoms with E-state index in [1.54, 1.807) is 0 Å². The quantitative estimate of drug-likeness (QED) is 0.734. The van der Waals surface area contributed by atoms with E-state index in [4.69, 9.17) is 5.73 Å². The monoisotopic (exact) mass is 453 g/mol. The minimum absolute atomic E-state index is 0.546. The van der Waals surface area contributed by atoms with Gasteiger partial charge in [0.1, 0.15) is 0 Å². The summed E-state index contributed by atoms with van der Waals surface area (Å²) in [6, 6.07) is 10.9. The van der Waals surface area contributed by atoms with Crippen LogP contribution in [0.2, 0.25) is 0 Å². The number of rotatable bonds is 2. The van der Waals surface area contributed by atoms with E-state index < -0.39 is 0 Å². The van der Waals surface area contributed by atoms with Crippen molar-refractivity contribution in [2.45, 2.75) is 38.1 Å². The maximum atomic E-state index is 5.53. The van der Waals surface area contributed by atoms with Gasteiger partial charge in [0, 0.05) is 6.04 Å². The van der Waals surface area contributed by atoms with Crippen molar-refractivity contribution in [3.05, 3.63) is 45.5 Å². The first-order valence-electron chi connectivity index (χ1n) is 7.02. The molecule has 2 aromatic rings. The van der Waals surface area contributed by atoms with Crippen LogP contribution in [-0.4, -0.2) is 20.8 Å². The van der Waals surface area contributed by atoms with Gasteiger partial charge in [-0.3, -0.25) is 0 Å².